The van der Waals surface area contributed by atoms with E-state index in [-0.39, 0.29) is 79.6 Å². The van der Waals surface area contributed by atoms with Gasteiger partial charge in [0.2, 0.25) is 11.8 Å². The summed E-state index contributed by atoms with van der Waals surface area (Å²) >= 11 is 1.44. The largest absolute Gasteiger partial charge is 0.507 e. The summed E-state index contributed by atoms with van der Waals surface area (Å²) in [5, 5.41) is 39.2. The third-order valence-corrected chi connectivity index (χ3v) is 14.9. The van der Waals surface area contributed by atoms with Gasteiger partial charge in [0, 0.05) is 69.5 Å². The van der Waals surface area contributed by atoms with Gasteiger partial charge < -0.3 is 55.9 Å². The number of nitrogens with one attached hydrogen (secondary N) is 5. The van der Waals surface area contributed by atoms with E-state index in [1.54, 1.807) is 70.7 Å². The van der Waals surface area contributed by atoms with Crippen LogP contribution in [0.25, 0.3) is 21.8 Å². The number of β-amino-alcohol motifs (C(OH)–C–C–N with tert-alkyl or cyclic N) is 1. The maximum Gasteiger partial charge on any atom is 0.273 e. The van der Waals surface area contributed by atoms with Crippen LogP contribution in [0.4, 0.5) is 4.39 Å². The third-order valence-electron chi connectivity index (χ3n) is 13.9. The number of unbranched alkanes of at least 4 members (excludes halogenated alkanes) is 1. The van der Waals surface area contributed by atoms with Crippen molar-refractivity contribution >= 4 is 52.7 Å². The van der Waals surface area contributed by atoms with Gasteiger partial charge in [-0.3, -0.25) is 33.6 Å². The van der Waals surface area contributed by atoms with Crippen molar-refractivity contribution in [2.45, 2.75) is 109 Å². The summed E-state index contributed by atoms with van der Waals surface area (Å²) in [6, 6.07) is 14.1. The van der Waals surface area contributed by atoms with Gasteiger partial charge in [-0.05, 0) is 97.9 Å². The predicted molar refractivity (Wildman–Crippen MR) is 281 cm³/mol. The molecule has 77 heavy (non-hydrogen) atoms. The van der Waals surface area contributed by atoms with Gasteiger partial charge in [-0.15, -0.1) is 11.3 Å². The lowest BCUT2D eigenvalue weighted by Crippen LogP contribution is -2.59. The molecule has 20 nitrogen and oxygen atoms in total. The first-order chi connectivity index (χ1) is 36.6. The van der Waals surface area contributed by atoms with Crippen LogP contribution in [-0.2, 0) is 32.1 Å². The quantitative estimate of drug-likeness (QED) is 0.0511. The van der Waals surface area contributed by atoms with Crippen LogP contribution >= 0.6 is 11.3 Å². The molecule has 5 aromatic rings. The maximum absolute atomic E-state index is 14.7. The number of thiazole rings is 1. The number of aliphatic hydroxyl groups excluding tert-OH is 1. The average Bonchev–Trinajstić information content (AvgIpc) is 3.88. The SMILES string of the molecule is Cc1ncsc1-c1ccc(CNC(=O)[C@@H]2C[C@@H](O)CN2C(=O)C(NC(=O)C2(F)CC2)C(C)(C)C)c(OCC(=O)NCCCCNC(=O)c2ccc3c(c2)[C@H](NC(=O)c2cc(-c4ccc(C(=O)N(C)C)c(O)c4)on2)CC3)c1. The van der Waals surface area contributed by atoms with Crippen molar-refractivity contribution in [2.24, 2.45) is 5.41 Å². The number of fused-ring (bicyclic) bond motifs is 1. The number of hydrogen-bond acceptors (Lipinski definition) is 14. The van der Waals surface area contributed by atoms with Crippen LogP contribution < -0.4 is 31.3 Å². The highest BCUT2D eigenvalue weighted by atomic mass is 32.1. The first-order valence-corrected chi connectivity index (χ1v) is 26.4. The van der Waals surface area contributed by atoms with Crippen LogP contribution in [0.5, 0.6) is 11.5 Å². The number of benzene rings is 3. The van der Waals surface area contributed by atoms with E-state index in [0.717, 1.165) is 27.3 Å². The summed E-state index contributed by atoms with van der Waals surface area (Å²) in [7, 11) is 3.16. The maximum atomic E-state index is 14.7. The minimum absolute atomic E-state index is 0.0240. The number of alkyl halides is 1. The van der Waals surface area contributed by atoms with E-state index >= 15 is 0 Å². The zero-order valence-corrected chi connectivity index (χ0v) is 44.6. The number of nitrogens with zero attached hydrogens (tertiary/aromatic N) is 4. The number of likely N-dealkylation sites (tertiary alicyclic amines) is 1. The molecule has 2 fully saturated rings. The Kier molecular flexibility index (Phi) is 16.8. The van der Waals surface area contributed by atoms with Gasteiger partial charge in [0.15, 0.2) is 23.7 Å². The van der Waals surface area contributed by atoms with Gasteiger partial charge >= 0.3 is 0 Å². The molecule has 22 heteroatoms. The zero-order chi connectivity index (χ0) is 55.3. The summed E-state index contributed by atoms with van der Waals surface area (Å²) in [6.45, 7) is 7.15. The molecule has 3 heterocycles. The van der Waals surface area contributed by atoms with Crippen LogP contribution in [0.2, 0.25) is 0 Å². The Labute approximate surface area is 448 Å². The molecule has 7 amide bonds. The van der Waals surface area contributed by atoms with Crippen molar-refractivity contribution in [3.05, 3.63) is 105 Å². The number of aliphatic hydroxyl groups is 1. The first-order valence-electron chi connectivity index (χ1n) is 25.5. The van der Waals surface area contributed by atoms with Crippen molar-refractivity contribution in [1.82, 2.24) is 46.5 Å². The number of carbonyl (C=O) groups excluding carboxylic acids is 7. The highest BCUT2D eigenvalue weighted by Gasteiger charge is 2.53. The molecule has 0 bridgehead atoms. The Bertz CT molecular complexity index is 3070. The molecule has 408 valence electrons. The topological polar surface area (TPSA) is 275 Å². The Morgan fingerprint density at radius 1 is 0.948 bits per heavy atom. The normalized spacial score (nSPS) is 17.7. The molecule has 1 unspecified atom stereocenters. The lowest BCUT2D eigenvalue weighted by Gasteiger charge is -2.35. The van der Waals surface area contributed by atoms with Crippen LogP contribution in [0.3, 0.4) is 0 Å². The van der Waals surface area contributed by atoms with E-state index in [4.69, 9.17) is 9.26 Å². The number of amides is 7. The van der Waals surface area contributed by atoms with Crippen LogP contribution in [0.1, 0.15) is 119 Å². The fraction of sp³-hybridized carbons (Fsp3) is 0.436. The summed E-state index contributed by atoms with van der Waals surface area (Å²) in [5.74, 6) is -3.23. The van der Waals surface area contributed by atoms with E-state index in [1.165, 1.54) is 39.3 Å². The Balaban J connectivity index is 0.800. The highest BCUT2D eigenvalue weighted by Crippen LogP contribution is 2.41. The van der Waals surface area contributed by atoms with Gasteiger partial charge in [-0.25, -0.2) is 9.37 Å². The van der Waals surface area contributed by atoms with E-state index in [1.807, 2.05) is 19.1 Å². The van der Waals surface area contributed by atoms with E-state index in [0.29, 0.717) is 61.2 Å². The summed E-state index contributed by atoms with van der Waals surface area (Å²) in [6.07, 6.45) is 1.51. The molecule has 1 saturated heterocycles. The van der Waals surface area contributed by atoms with Crippen LogP contribution in [-0.4, -0.2) is 136 Å². The molecule has 3 aliphatic rings. The second-order valence-electron chi connectivity index (χ2n) is 21.0. The molecule has 2 aliphatic carbocycles. The van der Waals surface area contributed by atoms with Gasteiger partial charge in [-0.2, -0.15) is 0 Å². The Morgan fingerprint density at radius 2 is 1.69 bits per heavy atom. The molecule has 7 N–H and O–H groups in total. The molecule has 0 radical (unpaired) electrons. The van der Waals surface area contributed by atoms with Crippen LogP contribution in [0.15, 0.2) is 70.7 Å². The van der Waals surface area contributed by atoms with Gasteiger partial charge in [-0.1, -0.05) is 50.2 Å². The summed E-state index contributed by atoms with van der Waals surface area (Å²) in [4.78, 5) is 100. The number of phenols is 1. The predicted octanol–water partition coefficient (Wildman–Crippen LogP) is 4.91. The fourth-order valence-electron chi connectivity index (χ4n) is 9.30. The number of aromatic nitrogens is 2. The molecule has 3 aromatic carbocycles. The van der Waals surface area contributed by atoms with Crippen molar-refractivity contribution < 1.29 is 57.4 Å². The van der Waals surface area contributed by atoms with Crippen molar-refractivity contribution in [1.29, 1.82) is 0 Å². The number of halogens is 1. The monoisotopic (exact) mass is 1080 g/mol. The van der Waals surface area contributed by atoms with Crippen molar-refractivity contribution in [3.8, 4) is 33.3 Å². The lowest BCUT2D eigenvalue weighted by molar-refractivity contribution is -0.145. The Hall–Kier alpha value is -7.72. The molecule has 1 saturated carbocycles. The number of aryl methyl sites for hydroxylation is 2. The second-order valence-corrected chi connectivity index (χ2v) is 21.9. The van der Waals surface area contributed by atoms with Crippen molar-refractivity contribution in [3.63, 3.8) is 0 Å². The molecule has 2 aromatic heterocycles. The number of rotatable bonds is 20. The van der Waals surface area contributed by atoms with E-state index < -0.39 is 58.8 Å². The summed E-state index contributed by atoms with van der Waals surface area (Å²) in [5.41, 5.74) is 3.83. The molecular formula is C55H64FN9O11S. The number of hydrogen-bond donors (Lipinski definition) is 7. The number of carbonyl (C=O) groups is 7. The van der Waals surface area contributed by atoms with Crippen LogP contribution in [0, 0.1) is 12.3 Å². The smallest absolute Gasteiger partial charge is 0.273 e. The van der Waals surface area contributed by atoms with Crippen molar-refractivity contribution in [2.75, 3.05) is 40.3 Å². The first kappa shape index (κ1) is 55.5. The third kappa shape index (κ3) is 13.1. The molecule has 8 rings (SSSR count). The number of phenolic OH excluding ortho intramolecular Hbond substituents is 1. The number of aromatic hydroxyl groups is 1. The Morgan fingerprint density at radius 3 is 2.38 bits per heavy atom. The van der Waals surface area contributed by atoms with Gasteiger partial charge in [0.1, 0.15) is 23.6 Å². The lowest BCUT2D eigenvalue weighted by atomic mass is 9.85. The molecular weight excluding hydrogens is 1010 g/mol. The molecule has 1 aliphatic heterocycles. The standard InChI is InChI=1S/C55H64FN9O11S/c1-30-46(77-29-60-30)33-10-12-35(26-59-50(71)41-24-36(66)27-65(41)52(73)47(54(2,3)4)62-53(74)55(56)17-18-55)43(23-33)75-28-45(68)57-19-7-8-20-58-48(69)34-11-9-31-14-16-39(38(31)21-34)61-49(70)40-25-44(76-63-40)32-13-15-37(42(67)22-32)51(72)64(5)6/h9-13,15,21-23,25,29,36,39,41,47,66-67H,7-8,14,16-20,24,26-28H2,1-6H3,(H,57,68)(H,58,69)(H,59,71)(H,61,70)(H,62,74)/t36-,39-,41+,47?/m1/s1. The zero-order valence-electron chi connectivity index (χ0n) is 43.8. The fourth-order valence-corrected chi connectivity index (χ4v) is 10.1. The second kappa shape index (κ2) is 23.3. The minimum atomic E-state index is -2.01. The highest BCUT2D eigenvalue weighted by molar-refractivity contribution is 7.13. The minimum Gasteiger partial charge on any atom is -0.507 e. The number of ether oxygens (including phenoxy) is 1. The van der Waals surface area contributed by atoms with E-state index in [9.17, 15) is 48.2 Å². The van der Waals surface area contributed by atoms with Gasteiger partial charge in [0.05, 0.1) is 33.8 Å². The molecule has 0 spiro atoms. The molecule has 4 atom stereocenters. The van der Waals surface area contributed by atoms with Gasteiger partial charge in [0.25, 0.3) is 29.5 Å². The van der Waals surface area contributed by atoms with E-state index in [2.05, 4.69) is 36.7 Å². The average molecular weight is 1080 g/mol. The summed E-state index contributed by atoms with van der Waals surface area (Å²) < 4.78 is 26.1.